The van der Waals surface area contributed by atoms with Crippen molar-refractivity contribution >= 4 is 17.6 Å². The topological polar surface area (TPSA) is 78.1 Å². The number of amides is 2. The Bertz CT molecular complexity index is 524. The summed E-state index contributed by atoms with van der Waals surface area (Å²) in [7, 11) is 0. The van der Waals surface area contributed by atoms with E-state index in [1.807, 2.05) is 20.8 Å². The first-order valence-corrected chi connectivity index (χ1v) is 7.72. The number of H-pyrrole nitrogens is 1. The number of nitrogens with one attached hydrogen (secondary N) is 2. The van der Waals surface area contributed by atoms with E-state index < -0.39 is 0 Å². The van der Waals surface area contributed by atoms with Gasteiger partial charge in [0.2, 0.25) is 11.8 Å². The highest BCUT2D eigenvalue weighted by atomic mass is 16.2. The third kappa shape index (κ3) is 3.25. The highest BCUT2D eigenvalue weighted by molar-refractivity contribution is 5.97. The number of hydrogen-bond acceptors (Lipinski definition) is 3. The van der Waals surface area contributed by atoms with Gasteiger partial charge in [0.25, 0.3) is 0 Å². The molecule has 2 rings (SSSR count). The normalized spacial score (nSPS) is 18.6. The molecule has 6 nitrogen and oxygen atoms in total. The molecule has 1 fully saturated rings. The molecule has 2 N–H and O–H groups in total. The minimum Gasteiger partial charge on any atom is -0.331 e. The summed E-state index contributed by atoms with van der Waals surface area (Å²) >= 11 is 0. The Morgan fingerprint density at radius 3 is 2.76 bits per heavy atom. The van der Waals surface area contributed by atoms with Crippen LogP contribution < -0.4 is 5.32 Å². The number of aromatic nitrogens is 2. The number of carbonyl (C=O) groups excluding carboxylic acids is 2. The van der Waals surface area contributed by atoms with Crippen molar-refractivity contribution in [1.29, 1.82) is 0 Å². The van der Waals surface area contributed by atoms with Crippen molar-refractivity contribution in [3.63, 3.8) is 0 Å². The van der Waals surface area contributed by atoms with Gasteiger partial charge in [0.1, 0.15) is 6.04 Å². The third-order valence-corrected chi connectivity index (χ3v) is 4.13. The fourth-order valence-corrected chi connectivity index (χ4v) is 2.81. The van der Waals surface area contributed by atoms with E-state index in [0.29, 0.717) is 18.8 Å². The first kappa shape index (κ1) is 15.5. The molecule has 1 unspecified atom stereocenters. The molecule has 2 amide bonds. The number of likely N-dealkylation sites (tertiary alicyclic amines) is 1. The number of rotatable bonds is 4. The van der Waals surface area contributed by atoms with Crippen LogP contribution >= 0.6 is 0 Å². The second-order valence-electron chi connectivity index (χ2n) is 5.47. The molecule has 6 heteroatoms. The van der Waals surface area contributed by atoms with Crippen LogP contribution in [0.25, 0.3) is 0 Å². The maximum atomic E-state index is 12.5. The lowest BCUT2D eigenvalue weighted by Gasteiger charge is -2.34. The molecule has 1 saturated heterocycles. The summed E-state index contributed by atoms with van der Waals surface area (Å²) in [6.07, 6.45) is 3.95. The van der Waals surface area contributed by atoms with Gasteiger partial charge in [-0.05, 0) is 32.6 Å². The van der Waals surface area contributed by atoms with Gasteiger partial charge in [-0.1, -0.05) is 13.8 Å². The SMILES string of the molecule is CCC(=O)N1CCCCC1C(=O)Nc1n[nH]c(CC)c1C. The standard InChI is InChI=1S/C15H24N4O2/c1-4-11-10(3)14(18-17-11)16-15(21)12-8-6-7-9-19(12)13(20)5-2/h12H,4-9H2,1-3H3,(H2,16,17,18,21). The Morgan fingerprint density at radius 1 is 1.38 bits per heavy atom. The molecule has 0 bridgehead atoms. The lowest BCUT2D eigenvalue weighted by Crippen LogP contribution is -2.49. The van der Waals surface area contributed by atoms with E-state index in [2.05, 4.69) is 15.5 Å². The molecule has 21 heavy (non-hydrogen) atoms. The van der Waals surface area contributed by atoms with Crippen LogP contribution in [0, 0.1) is 6.92 Å². The minimum atomic E-state index is -0.368. The smallest absolute Gasteiger partial charge is 0.248 e. The summed E-state index contributed by atoms with van der Waals surface area (Å²) in [4.78, 5) is 26.2. The van der Waals surface area contributed by atoms with Crippen molar-refractivity contribution in [3.8, 4) is 0 Å². The van der Waals surface area contributed by atoms with Gasteiger partial charge in [-0.2, -0.15) is 5.10 Å². The van der Waals surface area contributed by atoms with Crippen LogP contribution in [0.5, 0.6) is 0 Å². The molecular formula is C15H24N4O2. The first-order valence-electron chi connectivity index (χ1n) is 7.72. The molecule has 0 aliphatic carbocycles. The molecule has 1 aromatic rings. The summed E-state index contributed by atoms with van der Waals surface area (Å²) in [6, 6.07) is -0.368. The predicted octanol–water partition coefficient (Wildman–Crippen LogP) is 2.01. The van der Waals surface area contributed by atoms with Gasteiger partial charge in [0.15, 0.2) is 5.82 Å². The van der Waals surface area contributed by atoms with Crippen LogP contribution in [0.4, 0.5) is 5.82 Å². The summed E-state index contributed by atoms with van der Waals surface area (Å²) in [5.41, 5.74) is 1.99. The van der Waals surface area contributed by atoms with Gasteiger partial charge >= 0.3 is 0 Å². The summed E-state index contributed by atoms with van der Waals surface area (Å²) < 4.78 is 0. The monoisotopic (exact) mass is 292 g/mol. The Morgan fingerprint density at radius 2 is 2.14 bits per heavy atom. The van der Waals surface area contributed by atoms with E-state index in [0.717, 1.165) is 36.9 Å². The fraction of sp³-hybridized carbons (Fsp3) is 0.667. The van der Waals surface area contributed by atoms with Gasteiger partial charge < -0.3 is 10.2 Å². The Kier molecular flexibility index (Phi) is 4.98. The van der Waals surface area contributed by atoms with Crippen molar-refractivity contribution in [1.82, 2.24) is 15.1 Å². The second-order valence-corrected chi connectivity index (χ2v) is 5.47. The lowest BCUT2D eigenvalue weighted by molar-refractivity contribution is -0.140. The van der Waals surface area contributed by atoms with E-state index in [4.69, 9.17) is 0 Å². The Balaban J connectivity index is 2.10. The van der Waals surface area contributed by atoms with E-state index in [9.17, 15) is 9.59 Å². The molecule has 0 saturated carbocycles. The van der Waals surface area contributed by atoms with Gasteiger partial charge in [-0.15, -0.1) is 0 Å². The summed E-state index contributed by atoms with van der Waals surface area (Å²) in [5, 5.41) is 9.95. The van der Waals surface area contributed by atoms with Crippen molar-refractivity contribution in [2.75, 3.05) is 11.9 Å². The molecule has 116 valence electrons. The number of hydrogen-bond donors (Lipinski definition) is 2. The van der Waals surface area contributed by atoms with Crippen LogP contribution in [0.15, 0.2) is 0 Å². The first-order chi connectivity index (χ1) is 10.1. The second kappa shape index (κ2) is 6.74. The average molecular weight is 292 g/mol. The lowest BCUT2D eigenvalue weighted by atomic mass is 10.0. The zero-order valence-corrected chi connectivity index (χ0v) is 13.0. The van der Waals surface area contributed by atoms with Crippen LogP contribution in [-0.2, 0) is 16.0 Å². The van der Waals surface area contributed by atoms with Gasteiger partial charge in [0, 0.05) is 24.2 Å². The number of aromatic amines is 1. The van der Waals surface area contributed by atoms with Crippen LogP contribution in [0.3, 0.4) is 0 Å². The molecule has 0 aromatic carbocycles. The van der Waals surface area contributed by atoms with Gasteiger partial charge in [-0.3, -0.25) is 14.7 Å². The van der Waals surface area contributed by atoms with Crippen molar-refractivity contribution in [2.24, 2.45) is 0 Å². The van der Waals surface area contributed by atoms with E-state index in [-0.39, 0.29) is 17.9 Å². The zero-order chi connectivity index (χ0) is 15.4. The largest absolute Gasteiger partial charge is 0.331 e. The average Bonchev–Trinajstić information content (AvgIpc) is 2.86. The number of anilines is 1. The van der Waals surface area contributed by atoms with Crippen molar-refractivity contribution < 1.29 is 9.59 Å². The third-order valence-electron chi connectivity index (χ3n) is 4.13. The van der Waals surface area contributed by atoms with Crippen LogP contribution in [0.1, 0.15) is 50.8 Å². The quantitative estimate of drug-likeness (QED) is 0.891. The van der Waals surface area contributed by atoms with Gasteiger partial charge in [-0.25, -0.2) is 0 Å². The van der Waals surface area contributed by atoms with E-state index >= 15 is 0 Å². The molecule has 2 heterocycles. The summed E-state index contributed by atoms with van der Waals surface area (Å²) in [5.74, 6) is 0.489. The summed E-state index contributed by atoms with van der Waals surface area (Å²) in [6.45, 7) is 6.48. The number of aryl methyl sites for hydroxylation is 1. The fourth-order valence-electron chi connectivity index (χ4n) is 2.81. The molecule has 1 atom stereocenters. The molecule has 1 aliphatic rings. The molecule has 0 radical (unpaired) electrons. The van der Waals surface area contributed by atoms with Crippen LogP contribution in [-0.4, -0.2) is 39.5 Å². The van der Waals surface area contributed by atoms with E-state index in [1.165, 1.54) is 0 Å². The molecular weight excluding hydrogens is 268 g/mol. The molecule has 0 spiro atoms. The molecule has 1 aromatic heterocycles. The molecule has 1 aliphatic heterocycles. The Hall–Kier alpha value is -1.85. The van der Waals surface area contributed by atoms with Crippen molar-refractivity contribution in [3.05, 3.63) is 11.3 Å². The van der Waals surface area contributed by atoms with Gasteiger partial charge in [0.05, 0.1) is 0 Å². The number of nitrogens with zero attached hydrogens (tertiary/aromatic N) is 2. The van der Waals surface area contributed by atoms with Crippen molar-refractivity contribution in [2.45, 2.75) is 58.9 Å². The maximum Gasteiger partial charge on any atom is 0.248 e. The maximum absolute atomic E-state index is 12.5. The highest BCUT2D eigenvalue weighted by Gasteiger charge is 2.31. The Labute approximate surface area is 125 Å². The predicted molar refractivity (Wildman–Crippen MR) is 81.0 cm³/mol. The zero-order valence-electron chi connectivity index (χ0n) is 13.0. The number of piperidine rings is 1. The minimum absolute atomic E-state index is 0.0443. The van der Waals surface area contributed by atoms with E-state index in [1.54, 1.807) is 4.90 Å². The van der Waals surface area contributed by atoms with Crippen LogP contribution in [0.2, 0.25) is 0 Å². The number of carbonyl (C=O) groups is 2. The highest BCUT2D eigenvalue weighted by Crippen LogP contribution is 2.21.